The van der Waals surface area contributed by atoms with Gasteiger partial charge < -0.3 is 15.2 Å². The Kier molecular flexibility index (Phi) is 2.59. The molecular weight excluding hydrogens is 178 g/mol. The number of para-hydroxylation sites is 1. The summed E-state index contributed by atoms with van der Waals surface area (Å²) >= 11 is 0. The highest BCUT2D eigenvalue weighted by Gasteiger charge is 2.20. The maximum absolute atomic E-state index is 6.04. The van der Waals surface area contributed by atoms with Gasteiger partial charge >= 0.3 is 0 Å². The van der Waals surface area contributed by atoms with Gasteiger partial charge in [0, 0.05) is 11.6 Å². The van der Waals surface area contributed by atoms with Crippen molar-refractivity contribution in [2.24, 2.45) is 5.73 Å². The molecule has 0 fully saturated rings. The Hall–Kier alpha value is -1.22. The van der Waals surface area contributed by atoms with Crippen LogP contribution in [0.2, 0.25) is 0 Å². The van der Waals surface area contributed by atoms with Gasteiger partial charge in [0.25, 0.3) is 0 Å². The average Bonchev–Trinajstić information content (AvgIpc) is 2.65. The molecule has 1 aliphatic rings. The van der Waals surface area contributed by atoms with Crippen LogP contribution < -0.4 is 15.2 Å². The predicted molar refractivity (Wildman–Crippen MR) is 54.4 cm³/mol. The van der Waals surface area contributed by atoms with Crippen molar-refractivity contribution in [3.8, 4) is 11.5 Å². The molecule has 0 unspecified atom stereocenters. The number of ether oxygens (including phenoxy) is 2. The minimum absolute atomic E-state index is 0.0525. The lowest BCUT2D eigenvalue weighted by Gasteiger charge is -2.12. The Morgan fingerprint density at radius 2 is 2.29 bits per heavy atom. The van der Waals surface area contributed by atoms with E-state index < -0.39 is 0 Å². The fourth-order valence-electron chi connectivity index (χ4n) is 1.71. The Balaban J connectivity index is 2.29. The van der Waals surface area contributed by atoms with Crippen molar-refractivity contribution in [3.63, 3.8) is 0 Å². The van der Waals surface area contributed by atoms with E-state index in [4.69, 9.17) is 15.2 Å². The molecule has 1 aliphatic heterocycles. The quantitative estimate of drug-likeness (QED) is 0.800. The second kappa shape index (κ2) is 3.88. The van der Waals surface area contributed by atoms with Crippen LogP contribution in [0.3, 0.4) is 0 Å². The highest BCUT2D eigenvalue weighted by molar-refractivity contribution is 5.49. The van der Waals surface area contributed by atoms with Crippen LogP contribution in [0, 0.1) is 0 Å². The van der Waals surface area contributed by atoms with Gasteiger partial charge in [0.15, 0.2) is 11.5 Å². The molecule has 0 saturated heterocycles. The van der Waals surface area contributed by atoms with Crippen molar-refractivity contribution in [1.29, 1.82) is 0 Å². The van der Waals surface area contributed by atoms with E-state index in [1.54, 1.807) is 0 Å². The summed E-state index contributed by atoms with van der Waals surface area (Å²) in [4.78, 5) is 0. The van der Waals surface area contributed by atoms with Crippen molar-refractivity contribution in [2.45, 2.75) is 25.8 Å². The van der Waals surface area contributed by atoms with Gasteiger partial charge in [0.1, 0.15) is 0 Å². The molecule has 1 aromatic carbocycles. The highest BCUT2D eigenvalue weighted by atomic mass is 16.7. The molecule has 2 N–H and O–H groups in total. The van der Waals surface area contributed by atoms with Crippen LogP contribution >= 0.6 is 0 Å². The third-order valence-corrected chi connectivity index (χ3v) is 2.43. The van der Waals surface area contributed by atoms with Crippen LogP contribution in [0.15, 0.2) is 18.2 Å². The molecule has 76 valence electrons. The molecule has 0 radical (unpaired) electrons. The standard InChI is InChI=1S/C11H15NO2/c1-2-4-9(12)8-5-3-6-10-11(8)14-7-13-10/h3,5-6,9H,2,4,7,12H2,1H3/t9-/m0/s1. The lowest BCUT2D eigenvalue weighted by molar-refractivity contribution is 0.173. The van der Waals surface area contributed by atoms with Crippen LogP contribution in [-0.2, 0) is 0 Å². The molecule has 0 bridgehead atoms. The molecule has 1 atom stereocenters. The summed E-state index contributed by atoms with van der Waals surface area (Å²) in [6.07, 6.45) is 2.05. The van der Waals surface area contributed by atoms with Crippen molar-refractivity contribution < 1.29 is 9.47 Å². The second-order valence-electron chi connectivity index (χ2n) is 3.48. The highest BCUT2D eigenvalue weighted by Crippen LogP contribution is 2.38. The van der Waals surface area contributed by atoms with E-state index in [0.29, 0.717) is 6.79 Å². The number of rotatable bonds is 3. The van der Waals surface area contributed by atoms with E-state index >= 15 is 0 Å². The number of benzene rings is 1. The van der Waals surface area contributed by atoms with Crippen LogP contribution in [0.25, 0.3) is 0 Å². The van der Waals surface area contributed by atoms with Crippen LogP contribution in [-0.4, -0.2) is 6.79 Å². The fourth-order valence-corrected chi connectivity index (χ4v) is 1.71. The van der Waals surface area contributed by atoms with E-state index in [1.165, 1.54) is 0 Å². The van der Waals surface area contributed by atoms with Crippen molar-refractivity contribution in [2.75, 3.05) is 6.79 Å². The summed E-state index contributed by atoms with van der Waals surface area (Å²) in [5, 5.41) is 0. The van der Waals surface area contributed by atoms with Crippen LogP contribution in [0.5, 0.6) is 11.5 Å². The number of hydrogen-bond donors (Lipinski definition) is 1. The Bertz CT molecular complexity index is 325. The van der Waals surface area contributed by atoms with E-state index in [2.05, 4.69) is 6.92 Å². The topological polar surface area (TPSA) is 44.5 Å². The molecule has 1 heterocycles. The second-order valence-corrected chi connectivity index (χ2v) is 3.48. The maximum atomic E-state index is 6.04. The van der Waals surface area contributed by atoms with Gasteiger partial charge in [-0.25, -0.2) is 0 Å². The molecule has 0 saturated carbocycles. The van der Waals surface area contributed by atoms with Crippen molar-refractivity contribution >= 4 is 0 Å². The molecule has 0 spiro atoms. The first kappa shape index (κ1) is 9.34. The monoisotopic (exact) mass is 193 g/mol. The summed E-state index contributed by atoms with van der Waals surface area (Å²) < 4.78 is 10.7. The zero-order valence-electron chi connectivity index (χ0n) is 8.32. The van der Waals surface area contributed by atoms with Gasteiger partial charge in [-0.05, 0) is 12.5 Å². The minimum Gasteiger partial charge on any atom is -0.454 e. The third-order valence-electron chi connectivity index (χ3n) is 2.43. The first-order chi connectivity index (χ1) is 6.83. The van der Waals surface area contributed by atoms with E-state index in [9.17, 15) is 0 Å². The number of fused-ring (bicyclic) bond motifs is 1. The SMILES string of the molecule is CCC[C@H](N)c1cccc2c1OCO2. The summed E-state index contributed by atoms with van der Waals surface area (Å²) in [5.41, 5.74) is 7.10. The predicted octanol–water partition coefficient (Wildman–Crippen LogP) is 2.22. The number of nitrogens with two attached hydrogens (primary N) is 1. The lowest BCUT2D eigenvalue weighted by atomic mass is 10.0. The summed E-state index contributed by atoms with van der Waals surface area (Å²) in [6.45, 7) is 2.44. The van der Waals surface area contributed by atoms with Gasteiger partial charge in [-0.2, -0.15) is 0 Å². The molecule has 0 aromatic heterocycles. The van der Waals surface area contributed by atoms with Gasteiger partial charge in [-0.15, -0.1) is 0 Å². The first-order valence-electron chi connectivity index (χ1n) is 4.97. The number of hydrogen-bond acceptors (Lipinski definition) is 3. The van der Waals surface area contributed by atoms with Crippen molar-refractivity contribution in [3.05, 3.63) is 23.8 Å². The molecule has 2 rings (SSSR count). The fraction of sp³-hybridized carbons (Fsp3) is 0.455. The Morgan fingerprint density at radius 3 is 3.07 bits per heavy atom. The molecule has 0 amide bonds. The normalized spacial score (nSPS) is 15.6. The smallest absolute Gasteiger partial charge is 0.231 e. The zero-order valence-corrected chi connectivity index (χ0v) is 8.32. The summed E-state index contributed by atoms with van der Waals surface area (Å²) in [5.74, 6) is 1.64. The van der Waals surface area contributed by atoms with Gasteiger partial charge in [-0.1, -0.05) is 25.5 Å². The molecule has 0 aliphatic carbocycles. The minimum atomic E-state index is 0.0525. The van der Waals surface area contributed by atoms with E-state index in [1.807, 2.05) is 18.2 Å². The maximum Gasteiger partial charge on any atom is 0.231 e. The van der Waals surface area contributed by atoms with Crippen LogP contribution in [0.1, 0.15) is 31.4 Å². The Morgan fingerprint density at radius 1 is 1.43 bits per heavy atom. The summed E-state index contributed by atoms with van der Waals surface area (Å²) in [6, 6.07) is 5.92. The van der Waals surface area contributed by atoms with E-state index in [-0.39, 0.29) is 6.04 Å². The summed E-state index contributed by atoms with van der Waals surface area (Å²) in [7, 11) is 0. The molecule has 3 heteroatoms. The van der Waals surface area contributed by atoms with Gasteiger partial charge in [-0.3, -0.25) is 0 Å². The largest absolute Gasteiger partial charge is 0.454 e. The average molecular weight is 193 g/mol. The third kappa shape index (κ3) is 1.55. The molecule has 3 nitrogen and oxygen atoms in total. The lowest BCUT2D eigenvalue weighted by Crippen LogP contribution is -2.10. The Labute approximate surface area is 83.8 Å². The zero-order chi connectivity index (χ0) is 9.97. The van der Waals surface area contributed by atoms with Crippen molar-refractivity contribution in [1.82, 2.24) is 0 Å². The molecular formula is C11H15NO2. The first-order valence-corrected chi connectivity index (χ1v) is 4.97. The van der Waals surface area contributed by atoms with Crippen LogP contribution in [0.4, 0.5) is 0 Å². The van der Waals surface area contributed by atoms with E-state index in [0.717, 1.165) is 29.9 Å². The molecule has 14 heavy (non-hydrogen) atoms. The molecule has 1 aromatic rings. The van der Waals surface area contributed by atoms with Gasteiger partial charge in [0.2, 0.25) is 6.79 Å². The van der Waals surface area contributed by atoms with Gasteiger partial charge in [0.05, 0.1) is 0 Å².